The third-order valence-electron chi connectivity index (χ3n) is 3.43. The van der Waals surface area contributed by atoms with Crippen LogP contribution in [0.15, 0.2) is 52.1 Å². The molecule has 0 saturated heterocycles. The second-order valence-corrected chi connectivity index (χ2v) is 6.49. The van der Waals surface area contributed by atoms with E-state index in [-0.39, 0.29) is 5.91 Å². The number of hydrogen-bond donors (Lipinski definition) is 1. The predicted octanol–water partition coefficient (Wildman–Crippen LogP) is 3.30. The lowest BCUT2D eigenvalue weighted by Gasteiger charge is -2.08. The molecule has 3 rings (SSSR count). The first-order valence-electron chi connectivity index (χ1n) is 7.82. The van der Waals surface area contributed by atoms with E-state index in [4.69, 9.17) is 4.52 Å². The fourth-order valence-corrected chi connectivity index (χ4v) is 3.14. The molecule has 3 aromatic heterocycles. The van der Waals surface area contributed by atoms with Crippen LogP contribution in [-0.2, 0) is 12.3 Å². The number of pyridine rings is 2. The fraction of sp³-hybridized carbons (Fsp3) is 0.222. The molecule has 3 aromatic rings. The Morgan fingerprint density at radius 3 is 2.84 bits per heavy atom. The van der Waals surface area contributed by atoms with Gasteiger partial charge in [0.1, 0.15) is 10.8 Å². The maximum absolute atomic E-state index is 12.5. The molecule has 0 aliphatic carbocycles. The number of aromatic nitrogens is 3. The van der Waals surface area contributed by atoms with Gasteiger partial charge in [0.25, 0.3) is 5.91 Å². The molecule has 0 radical (unpaired) electrons. The van der Waals surface area contributed by atoms with Gasteiger partial charge in [-0.2, -0.15) is 0 Å². The Labute approximate surface area is 150 Å². The van der Waals surface area contributed by atoms with E-state index in [1.165, 1.54) is 11.8 Å². The van der Waals surface area contributed by atoms with E-state index in [9.17, 15) is 4.79 Å². The average molecular weight is 354 g/mol. The van der Waals surface area contributed by atoms with Crippen LogP contribution in [0.25, 0.3) is 0 Å². The van der Waals surface area contributed by atoms with Crippen molar-refractivity contribution in [3.63, 3.8) is 0 Å². The highest BCUT2D eigenvalue weighted by Crippen LogP contribution is 2.24. The van der Waals surface area contributed by atoms with Crippen LogP contribution in [0.3, 0.4) is 0 Å². The highest BCUT2D eigenvalue weighted by atomic mass is 32.2. The highest BCUT2D eigenvalue weighted by molar-refractivity contribution is 7.98. The molecule has 0 aliphatic rings. The summed E-state index contributed by atoms with van der Waals surface area (Å²) in [6.07, 6.45) is 1.68. The number of hydrogen-bond acceptors (Lipinski definition) is 6. The molecule has 0 atom stereocenters. The summed E-state index contributed by atoms with van der Waals surface area (Å²) in [7, 11) is 0. The molecule has 0 spiro atoms. The predicted molar refractivity (Wildman–Crippen MR) is 95.2 cm³/mol. The van der Waals surface area contributed by atoms with E-state index in [2.05, 4.69) is 20.4 Å². The first kappa shape index (κ1) is 17.2. The number of carbonyl (C=O) groups is 1. The van der Waals surface area contributed by atoms with Crippen LogP contribution in [0.1, 0.15) is 33.2 Å². The largest absolute Gasteiger partial charge is 0.361 e. The van der Waals surface area contributed by atoms with Crippen molar-refractivity contribution in [2.24, 2.45) is 0 Å². The molecule has 0 aliphatic heterocycles. The molecule has 128 valence electrons. The average Bonchev–Trinajstić information content (AvgIpc) is 3.03. The molecule has 7 heteroatoms. The Kier molecular flexibility index (Phi) is 5.45. The summed E-state index contributed by atoms with van der Waals surface area (Å²) in [4.78, 5) is 21.2. The van der Waals surface area contributed by atoms with Gasteiger partial charge in [0.2, 0.25) is 0 Å². The topological polar surface area (TPSA) is 80.9 Å². The second-order valence-electron chi connectivity index (χ2n) is 5.53. The molecular weight excluding hydrogens is 336 g/mol. The van der Waals surface area contributed by atoms with Crippen molar-refractivity contribution in [1.29, 1.82) is 0 Å². The Morgan fingerprint density at radius 2 is 2.08 bits per heavy atom. The van der Waals surface area contributed by atoms with Gasteiger partial charge < -0.3 is 9.84 Å². The van der Waals surface area contributed by atoms with Crippen molar-refractivity contribution in [3.05, 3.63) is 71.0 Å². The van der Waals surface area contributed by atoms with Crippen LogP contribution in [0.5, 0.6) is 0 Å². The van der Waals surface area contributed by atoms with Crippen molar-refractivity contribution < 1.29 is 9.32 Å². The summed E-state index contributed by atoms with van der Waals surface area (Å²) in [5, 5.41) is 7.52. The third-order valence-corrected chi connectivity index (χ3v) is 4.46. The Hall–Kier alpha value is -2.67. The smallest absolute Gasteiger partial charge is 0.254 e. The minimum absolute atomic E-state index is 0.171. The van der Waals surface area contributed by atoms with Gasteiger partial charge in [-0.25, -0.2) is 4.98 Å². The Morgan fingerprint density at radius 1 is 1.20 bits per heavy atom. The zero-order valence-corrected chi connectivity index (χ0v) is 14.8. The third kappa shape index (κ3) is 4.67. The zero-order chi connectivity index (χ0) is 17.6. The van der Waals surface area contributed by atoms with Gasteiger partial charge in [-0.15, -0.1) is 0 Å². The van der Waals surface area contributed by atoms with E-state index < -0.39 is 0 Å². The molecule has 6 nitrogen and oxygen atoms in total. The van der Waals surface area contributed by atoms with E-state index in [0.717, 1.165) is 22.8 Å². The SMILES string of the molecule is Cc1cccc(CNC(=O)c2cccnc2SCc2cc(C)on2)n1. The molecule has 1 amide bonds. The van der Waals surface area contributed by atoms with Crippen molar-refractivity contribution >= 4 is 17.7 Å². The van der Waals surface area contributed by atoms with Crippen molar-refractivity contribution in [2.45, 2.75) is 31.2 Å². The van der Waals surface area contributed by atoms with Gasteiger partial charge in [-0.1, -0.05) is 23.0 Å². The fourth-order valence-electron chi connectivity index (χ4n) is 2.27. The van der Waals surface area contributed by atoms with E-state index in [1.54, 1.807) is 18.3 Å². The van der Waals surface area contributed by atoms with Crippen LogP contribution in [0.4, 0.5) is 0 Å². The molecule has 3 heterocycles. The monoisotopic (exact) mass is 354 g/mol. The number of aryl methyl sites for hydroxylation is 2. The van der Waals surface area contributed by atoms with Gasteiger partial charge in [-0.05, 0) is 38.1 Å². The normalized spacial score (nSPS) is 10.6. The van der Waals surface area contributed by atoms with Crippen LogP contribution < -0.4 is 5.32 Å². The maximum Gasteiger partial charge on any atom is 0.254 e. The number of carbonyl (C=O) groups excluding carboxylic acids is 1. The number of nitrogens with one attached hydrogen (secondary N) is 1. The van der Waals surface area contributed by atoms with Crippen molar-refractivity contribution in [3.8, 4) is 0 Å². The van der Waals surface area contributed by atoms with Gasteiger partial charge >= 0.3 is 0 Å². The summed E-state index contributed by atoms with van der Waals surface area (Å²) in [5.41, 5.74) is 3.11. The molecular formula is C18H18N4O2S. The second kappa shape index (κ2) is 7.94. The molecule has 25 heavy (non-hydrogen) atoms. The first-order valence-corrected chi connectivity index (χ1v) is 8.81. The Bertz CT molecular complexity index is 879. The Balaban J connectivity index is 1.65. The number of nitrogens with zero attached hydrogens (tertiary/aromatic N) is 3. The van der Waals surface area contributed by atoms with Crippen molar-refractivity contribution in [2.75, 3.05) is 0 Å². The summed E-state index contributed by atoms with van der Waals surface area (Å²) in [6, 6.07) is 11.1. The van der Waals surface area contributed by atoms with Crippen molar-refractivity contribution in [1.82, 2.24) is 20.4 Å². The van der Waals surface area contributed by atoms with Gasteiger partial charge in [0, 0.05) is 23.7 Å². The maximum atomic E-state index is 12.5. The zero-order valence-electron chi connectivity index (χ0n) is 14.0. The van der Waals surface area contributed by atoms with E-state index >= 15 is 0 Å². The molecule has 0 unspecified atom stereocenters. The van der Waals surface area contributed by atoms with Crippen LogP contribution in [0, 0.1) is 13.8 Å². The minimum atomic E-state index is -0.171. The molecule has 0 bridgehead atoms. The molecule has 0 saturated carbocycles. The lowest BCUT2D eigenvalue weighted by atomic mass is 10.2. The standard InChI is InChI=1S/C18H18N4O2S/c1-12-5-3-6-14(21-12)10-20-17(23)16-7-4-8-19-18(16)25-11-15-9-13(2)24-22-15/h3-9H,10-11H2,1-2H3,(H,20,23). The number of amides is 1. The summed E-state index contributed by atoms with van der Waals surface area (Å²) in [6.45, 7) is 4.15. The highest BCUT2D eigenvalue weighted by Gasteiger charge is 2.13. The number of thioether (sulfide) groups is 1. The minimum Gasteiger partial charge on any atom is -0.361 e. The lowest BCUT2D eigenvalue weighted by Crippen LogP contribution is -2.24. The van der Waals surface area contributed by atoms with Crippen LogP contribution in [-0.4, -0.2) is 21.0 Å². The first-order chi connectivity index (χ1) is 12.1. The summed E-state index contributed by atoms with van der Waals surface area (Å²) in [5.74, 6) is 1.18. The summed E-state index contributed by atoms with van der Waals surface area (Å²) < 4.78 is 5.06. The molecule has 0 aromatic carbocycles. The molecule has 0 fully saturated rings. The van der Waals surface area contributed by atoms with E-state index in [1.807, 2.05) is 38.1 Å². The van der Waals surface area contributed by atoms with Crippen LogP contribution in [0.2, 0.25) is 0 Å². The van der Waals surface area contributed by atoms with Gasteiger partial charge in [0.05, 0.1) is 23.5 Å². The lowest BCUT2D eigenvalue weighted by molar-refractivity contribution is 0.0946. The van der Waals surface area contributed by atoms with E-state index in [0.29, 0.717) is 22.9 Å². The summed E-state index contributed by atoms with van der Waals surface area (Å²) >= 11 is 1.46. The molecule has 1 N–H and O–H groups in total. The van der Waals surface area contributed by atoms with Gasteiger partial charge in [-0.3, -0.25) is 9.78 Å². The van der Waals surface area contributed by atoms with Gasteiger partial charge in [0.15, 0.2) is 0 Å². The number of rotatable bonds is 6. The van der Waals surface area contributed by atoms with Crippen LogP contribution >= 0.6 is 11.8 Å². The quantitative estimate of drug-likeness (QED) is 0.684.